The third-order valence-corrected chi connectivity index (χ3v) is 4.58. The molecule has 0 bridgehead atoms. The Hall–Kier alpha value is -1.36. The minimum atomic E-state index is 0.104. The molecule has 0 saturated carbocycles. The molecule has 1 aliphatic rings. The van der Waals surface area contributed by atoms with Crippen LogP contribution < -0.4 is 5.43 Å². The first-order chi connectivity index (χ1) is 10.1. The summed E-state index contributed by atoms with van der Waals surface area (Å²) in [6, 6.07) is 3.61. The zero-order chi connectivity index (χ0) is 15.0. The Bertz CT molecular complexity index is 733. The van der Waals surface area contributed by atoms with Gasteiger partial charge in [-0.2, -0.15) is 0 Å². The number of aromatic nitrogens is 1. The van der Waals surface area contributed by atoms with Crippen molar-refractivity contribution in [1.82, 2.24) is 9.88 Å². The van der Waals surface area contributed by atoms with Crippen molar-refractivity contribution in [2.45, 2.75) is 20.4 Å². The fourth-order valence-corrected chi connectivity index (χ4v) is 2.96. The summed E-state index contributed by atoms with van der Waals surface area (Å²) in [4.78, 5) is 18.4. The van der Waals surface area contributed by atoms with Crippen LogP contribution in [0.2, 0.25) is 5.02 Å². The highest BCUT2D eigenvalue weighted by atomic mass is 35.5. The molecule has 21 heavy (non-hydrogen) atoms. The number of morpholine rings is 1. The van der Waals surface area contributed by atoms with E-state index in [4.69, 9.17) is 16.3 Å². The average molecular weight is 307 g/mol. The first kappa shape index (κ1) is 14.6. The zero-order valence-corrected chi connectivity index (χ0v) is 13.1. The summed E-state index contributed by atoms with van der Waals surface area (Å²) in [6.07, 6.45) is 0. The van der Waals surface area contributed by atoms with Crippen molar-refractivity contribution < 1.29 is 4.74 Å². The Labute approximate surface area is 128 Å². The number of pyridine rings is 1. The molecule has 2 heterocycles. The van der Waals surface area contributed by atoms with E-state index in [1.54, 1.807) is 6.07 Å². The van der Waals surface area contributed by atoms with E-state index in [9.17, 15) is 4.79 Å². The molecule has 1 aromatic carbocycles. The lowest BCUT2D eigenvalue weighted by atomic mass is 10.1. The topological polar surface area (TPSA) is 45.3 Å². The summed E-state index contributed by atoms with van der Waals surface area (Å²) in [6.45, 7) is 7.77. The fraction of sp³-hybridized carbons (Fsp3) is 0.438. The van der Waals surface area contributed by atoms with Gasteiger partial charge >= 0.3 is 0 Å². The van der Waals surface area contributed by atoms with Crippen LogP contribution in [0.4, 0.5) is 0 Å². The van der Waals surface area contributed by atoms with Gasteiger partial charge in [0.2, 0.25) is 0 Å². The molecule has 0 unspecified atom stereocenters. The SMILES string of the molecule is Cc1[nH]c2c(C)c(Cl)ccc2c(=O)c1CN1CCOCC1. The maximum atomic E-state index is 12.8. The highest BCUT2D eigenvalue weighted by molar-refractivity contribution is 6.32. The van der Waals surface area contributed by atoms with Crippen LogP contribution >= 0.6 is 11.6 Å². The monoisotopic (exact) mass is 306 g/mol. The number of nitrogens with zero attached hydrogens (tertiary/aromatic N) is 1. The van der Waals surface area contributed by atoms with E-state index in [1.165, 1.54) is 0 Å². The first-order valence-corrected chi connectivity index (χ1v) is 7.56. The summed E-state index contributed by atoms with van der Waals surface area (Å²) < 4.78 is 5.35. The predicted molar refractivity (Wildman–Crippen MR) is 85.1 cm³/mol. The van der Waals surface area contributed by atoms with Crippen molar-refractivity contribution in [3.63, 3.8) is 0 Å². The summed E-state index contributed by atoms with van der Waals surface area (Å²) in [5.41, 5.74) is 3.63. The Kier molecular flexibility index (Phi) is 4.02. The summed E-state index contributed by atoms with van der Waals surface area (Å²) in [5, 5.41) is 1.39. The molecule has 3 rings (SSSR count). The van der Waals surface area contributed by atoms with Gasteiger partial charge in [0.15, 0.2) is 5.43 Å². The lowest BCUT2D eigenvalue weighted by molar-refractivity contribution is 0.0339. The molecule has 1 aromatic heterocycles. The molecule has 0 atom stereocenters. The van der Waals surface area contributed by atoms with Crippen molar-refractivity contribution in [3.8, 4) is 0 Å². The van der Waals surface area contributed by atoms with E-state index in [2.05, 4.69) is 9.88 Å². The van der Waals surface area contributed by atoms with Gasteiger partial charge in [-0.1, -0.05) is 11.6 Å². The number of halogens is 1. The average Bonchev–Trinajstić information content (AvgIpc) is 2.49. The number of rotatable bonds is 2. The van der Waals surface area contributed by atoms with Gasteiger partial charge in [0.25, 0.3) is 0 Å². The van der Waals surface area contributed by atoms with Crippen molar-refractivity contribution in [1.29, 1.82) is 0 Å². The molecule has 0 aliphatic carbocycles. The second-order valence-electron chi connectivity index (χ2n) is 5.54. The van der Waals surface area contributed by atoms with Gasteiger partial charge in [0.05, 0.1) is 18.7 Å². The molecule has 1 fully saturated rings. The standard InChI is InChI=1S/C16H19ClN2O2/c1-10-14(17)4-3-12-15(10)18-11(2)13(16(12)20)9-19-5-7-21-8-6-19/h3-4H,5-9H2,1-2H3,(H,18,20). The summed E-state index contributed by atoms with van der Waals surface area (Å²) in [5.74, 6) is 0. The fourth-order valence-electron chi connectivity index (χ4n) is 2.81. The molecule has 2 aromatic rings. The summed E-state index contributed by atoms with van der Waals surface area (Å²) >= 11 is 6.14. The Morgan fingerprint density at radius 2 is 2.00 bits per heavy atom. The van der Waals surface area contributed by atoms with Crippen LogP contribution in [0.15, 0.2) is 16.9 Å². The van der Waals surface area contributed by atoms with Crippen LogP contribution in [-0.4, -0.2) is 36.2 Å². The highest BCUT2D eigenvalue weighted by Crippen LogP contribution is 2.23. The number of fused-ring (bicyclic) bond motifs is 1. The van der Waals surface area contributed by atoms with Gasteiger partial charge in [-0.3, -0.25) is 9.69 Å². The van der Waals surface area contributed by atoms with E-state index in [0.29, 0.717) is 17.0 Å². The van der Waals surface area contributed by atoms with E-state index in [-0.39, 0.29) is 5.43 Å². The van der Waals surface area contributed by atoms with Crippen LogP contribution in [-0.2, 0) is 11.3 Å². The molecular weight excluding hydrogens is 288 g/mol. The quantitative estimate of drug-likeness (QED) is 0.927. The maximum absolute atomic E-state index is 12.8. The smallest absolute Gasteiger partial charge is 0.194 e. The maximum Gasteiger partial charge on any atom is 0.194 e. The number of hydrogen-bond donors (Lipinski definition) is 1. The molecule has 4 nitrogen and oxygen atoms in total. The number of H-pyrrole nitrogens is 1. The third-order valence-electron chi connectivity index (χ3n) is 4.17. The van der Waals surface area contributed by atoms with E-state index >= 15 is 0 Å². The molecule has 112 valence electrons. The molecule has 1 saturated heterocycles. The zero-order valence-electron chi connectivity index (χ0n) is 12.3. The summed E-state index contributed by atoms with van der Waals surface area (Å²) in [7, 11) is 0. The largest absolute Gasteiger partial charge is 0.379 e. The minimum absolute atomic E-state index is 0.104. The van der Waals surface area contributed by atoms with Crippen molar-refractivity contribution in [3.05, 3.63) is 44.2 Å². The lowest BCUT2D eigenvalue weighted by Crippen LogP contribution is -2.37. The number of aromatic amines is 1. The van der Waals surface area contributed by atoms with Crippen LogP contribution in [0, 0.1) is 13.8 Å². The minimum Gasteiger partial charge on any atom is -0.379 e. The van der Waals surface area contributed by atoms with Gasteiger partial charge in [0.1, 0.15) is 0 Å². The van der Waals surface area contributed by atoms with Crippen LogP contribution in [0.5, 0.6) is 0 Å². The number of ether oxygens (including phenoxy) is 1. The van der Waals surface area contributed by atoms with Gasteiger partial charge in [-0.05, 0) is 31.5 Å². The van der Waals surface area contributed by atoms with Gasteiger partial charge in [0, 0.05) is 41.3 Å². The number of nitrogens with one attached hydrogen (secondary N) is 1. The third kappa shape index (κ3) is 2.71. The Morgan fingerprint density at radius 3 is 2.71 bits per heavy atom. The van der Waals surface area contributed by atoms with E-state index in [0.717, 1.165) is 48.6 Å². The lowest BCUT2D eigenvalue weighted by Gasteiger charge is -2.27. The normalized spacial score (nSPS) is 16.5. The number of hydrogen-bond acceptors (Lipinski definition) is 3. The van der Waals surface area contributed by atoms with Crippen molar-refractivity contribution in [2.75, 3.05) is 26.3 Å². The van der Waals surface area contributed by atoms with E-state index in [1.807, 2.05) is 19.9 Å². The molecule has 5 heteroatoms. The molecule has 0 spiro atoms. The second-order valence-corrected chi connectivity index (χ2v) is 5.95. The molecule has 1 N–H and O–H groups in total. The number of aryl methyl sites for hydroxylation is 2. The second kappa shape index (κ2) is 5.79. The molecule has 0 amide bonds. The van der Waals surface area contributed by atoms with Crippen molar-refractivity contribution in [2.24, 2.45) is 0 Å². The van der Waals surface area contributed by atoms with Gasteiger partial charge in [-0.25, -0.2) is 0 Å². The van der Waals surface area contributed by atoms with Crippen LogP contribution in [0.1, 0.15) is 16.8 Å². The van der Waals surface area contributed by atoms with E-state index < -0.39 is 0 Å². The first-order valence-electron chi connectivity index (χ1n) is 7.18. The van der Waals surface area contributed by atoms with Crippen LogP contribution in [0.25, 0.3) is 10.9 Å². The Morgan fingerprint density at radius 1 is 1.29 bits per heavy atom. The highest BCUT2D eigenvalue weighted by Gasteiger charge is 2.16. The Balaban J connectivity index is 2.07. The van der Waals surface area contributed by atoms with Gasteiger partial charge in [-0.15, -0.1) is 0 Å². The molecular formula is C16H19ClN2O2. The molecule has 0 radical (unpaired) electrons. The van der Waals surface area contributed by atoms with Crippen LogP contribution in [0.3, 0.4) is 0 Å². The molecule has 1 aliphatic heterocycles. The van der Waals surface area contributed by atoms with Crippen molar-refractivity contribution >= 4 is 22.5 Å². The van der Waals surface area contributed by atoms with Gasteiger partial charge < -0.3 is 9.72 Å². The predicted octanol–water partition coefficient (Wildman–Crippen LogP) is 2.63. The number of benzene rings is 1.